The molecule has 136 valence electrons. The van der Waals surface area contributed by atoms with Crippen LogP contribution in [0.1, 0.15) is 56.1 Å². The van der Waals surface area contributed by atoms with Gasteiger partial charge >= 0.3 is 6.18 Å². The molecule has 1 fully saturated rings. The van der Waals surface area contributed by atoms with Crippen molar-refractivity contribution >= 4 is 0 Å². The van der Waals surface area contributed by atoms with Gasteiger partial charge in [-0.15, -0.1) is 0 Å². The fourth-order valence-corrected chi connectivity index (χ4v) is 3.79. The maximum Gasteiger partial charge on any atom is 0.416 e. The van der Waals surface area contributed by atoms with Crippen LogP contribution in [0.2, 0.25) is 0 Å². The number of aliphatic hydroxyl groups is 1. The third-order valence-corrected chi connectivity index (χ3v) is 5.13. The molecule has 5 heteroatoms. The van der Waals surface area contributed by atoms with Crippen molar-refractivity contribution in [2.75, 3.05) is 20.6 Å². The highest BCUT2D eigenvalue weighted by molar-refractivity contribution is 5.30. The van der Waals surface area contributed by atoms with Crippen molar-refractivity contribution in [2.45, 2.75) is 56.7 Å². The van der Waals surface area contributed by atoms with Gasteiger partial charge in [-0.2, -0.15) is 13.2 Å². The zero-order chi connectivity index (χ0) is 17.8. The molecule has 1 N–H and O–H groups in total. The Hall–Kier alpha value is -1.07. The van der Waals surface area contributed by atoms with Gasteiger partial charge in [-0.05, 0) is 69.9 Å². The lowest BCUT2D eigenvalue weighted by Crippen LogP contribution is -2.37. The van der Waals surface area contributed by atoms with Crippen LogP contribution in [0, 0.1) is 5.92 Å². The molecule has 1 aromatic carbocycles. The predicted molar refractivity (Wildman–Crippen MR) is 89.7 cm³/mol. The first-order valence-corrected chi connectivity index (χ1v) is 8.78. The average molecular weight is 343 g/mol. The highest BCUT2D eigenvalue weighted by Crippen LogP contribution is 2.43. The van der Waals surface area contributed by atoms with Gasteiger partial charge in [0.15, 0.2) is 0 Å². The number of benzene rings is 1. The van der Waals surface area contributed by atoms with E-state index in [1.165, 1.54) is 6.07 Å². The molecule has 1 atom stereocenters. The second-order valence-electron chi connectivity index (χ2n) is 7.24. The van der Waals surface area contributed by atoms with Gasteiger partial charge in [-0.25, -0.2) is 0 Å². The minimum Gasteiger partial charge on any atom is -0.385 e. The Bertz CT molecular complexity index is 524. The van der Waals surface area contributed by atoms with Crippen LogP contribution in [0.15, 0.2) is 24.3 Å². The van der Waals surface area contributed by atoms with Crippen molar-refractivity contribution in [2.24, 2.45) is 5.92 Å². The van der Waals surface area contributed by atoms with Gasteiger partial charge in [0, 0.05) is 0 Å². The van der Waals surface area contributed by atoms with Crippen LogP contribution in [0.25, 0.3) is 0 Å². The van der Waals surface area contributed by atoms with E-state index in [1.54, 1.807) is 6.07 Å². The van der Waals surface area contributed by atoms with Crippen molar-refractivity contribution in [3.8, 4) is 0 Å². The summed E-state index contributed by atoms with van der Waals surface area (Å²) < 4.78 is 39.2. The summed E-state index contributed by atoms with van der Waals surface area (Å²) in [5, 5.41) is 11.4. The summed E-state index contributed by atoms with van der Waals surface area (Å²) in [5.41, 5.74) is -1.43. The number of hydrogen-bond acceptors (Lipinski definition) is 2. The molecule has 1 saturated carbocycles. The third kappa shape index (κ3) is 4.73. The largest absolute Gasteiger partial charge is 0.416 e. The van der Waals surface area contributed by atoms with Gasteiger partial charge in [0.2, 0.25) is 0 Å². The molecule has 2 rings (SSSR count). The normalized spacial score (nSPS) is 19.5. The maximum atomic E-state index is 13.1. The Morgan fingerprint density at radius 1 is 1.08 bits per heavy atom. The first kappa shape index (κ1) is 19.3. The fraction of sp³-hybridized carbons (Fsp3) is 0.684. The maximum absolute atomic E-state index is 13.1. The molecule has 0 aliphatic heterocycles. The number of alkyl halides is 3. The standard InChI is InChI=1S/C19H28F3NO/c1-23(2)13-7-12-18(24,15-8-4-3-5-9-15)16-10-6-11-17(14-16)19(20,21)22/h6,10-11,14-15,24H,3-5,7-9,12-13H2,1-2H3. The fourth-order valence-electron chi connectivity index (χ4n) is 3.79. The summed E-state index contributed by atoms with van der Waals surface area (Å²) in [6, 6.07) is 5.28. The molecule has 24 heavy (non-hydrogen) atoms. The van der Waals surface area contributed by atoms with Gasteiger partial charge in [0.25, 0.3) is 0 Å². The van der Waals surface area contributed by atoms with Crippen LogP contribution in [0.4, 0.5) is 13.2 Å². The molecule has 0 aromatic heterocycles. The molecule has 0 spiro atoms. The van der Waals surface area contributed by atoms with Crippen molar-refractivity contribution in [3.05, 3.63) is 35.4 Å². The van der Waals surface area contributed by atoms with E-state index in [0.717, 1.165) is 57.2 Å². The molecule has 0 saturated heterocycles. The van der Waals surface area contributed by atoms with Crippen LogP contribution < -0.4 is 0 Å². The van der Waals surface area contributed by atoms with E-state index in [9.17, 15) is 18.3 Å². The van der Waals surface area contributed by atoms with Gasteiger partial charge in [0.1, 0.15) is 0 Å². The number of nitrogens with zero attached hydrogens (tertiary/aromatic N) is 1. The minimum atomic E-state index is -4.38. The van der Waals surface area contributed by atoms with E-state index in [-0.39, 0.29) is 5.92 Å². The van der Waals surface area contributed by atoms with E-state index < -0.39 is 17.3 Å². The van der Waals surface area contributed by atoms with Crippen molar-refractivity contribution < 1.29 is 18.3 Å². The molecule has 0 amide bonds. The SMILES string of the molecule is CN(C)CCCC(O)(c1cccc(C(F)(F)F)c1)C1CCCCC1. The first-order valence-electron chi connectivity index (χ1n) is 8.78. The summed E-state index contributed by atoms with van der Waals surface area (Å²) in [6.45, 7) is 0.813. The molecular formula is C19H28F3NO. The lowest BCUT2D eigenvalue weighted by atomic mass is 9.71. The van der Waals surface area contributed by atoms with E-state index in [2.05, 4.69) is 0 Å². The third-order valence-electron chi connectivity index (χ3n) is 5.13. The quantitative estimate of drug-likeness (QED) is 0.801. The summed E-state index contributed by atoms with van der Waals surface area (Å²) in [4.78, 5) is 2.04. The lowest BCUT2D eigenvalue weighted by Gasteiger charge is -2.39. The van der Waals surface area contributed by atoms with Gasteiger partial charge in [-0.3, -0.25) is 0 Å². The van der Waals surface area contributed by atoms with Crippen molar-refractivity contribution in [1.82, 2.24) is 4.90 Å². The van der Waals surface area contributed by atoms with E-state index >= 15 is 0 Å². The van der Waals surface area contributed by atoms with Crippen LogP contribution in [0.5, 0.6) is 0 Å². The Kier molecular flexibility index (Phi) is 6.32. The zero-order valence-electron chi connectivity index (χ0n) is 14.6. The van der Waals surface area contributed by atoms with Crippen molar-refractivity contribution in [1.29, 1.82) is 0 Å². The van der Waals surface area contributed by atoms with Crippen LogP contribution in [-0.2, 0) is 11.8 Å². The molecule has 1 aliphatic rings. The van der Waals surface area contributed by atoms with E-state index in [1.807, 2.05) is 19.0 Å². The van der Waals surface area contributed by atoms with Crippen LogP contribution >= 0.6 is 0 Å². The molecular weight excluding hydrogens is 315 g/mol. The second kappa shape index (κ2) is 7.87. The van der Waals surface area contributed by atoms with Crippen molar-refractivity contribution in [3.63, 3.8) is 0 Å². The average Bonchev–Trinajstić information content (AvgIpc) is 2.54. The summed E-state index contributed by atoms with van der Waals surface area (Å²) in [6.07, 6.45) is 1.87. The smallest absolute Gasteiger partial charge is 0.385 e. The lowest BCUT2D eigenvalue weighted by molar-refractivity contribution is -0.137. The highest BCUT2D eigenvalue weighted by atomic mass is 19.4. The summed E-state index contributed by atoms with van der Waals surface area (Å²) in [5.74, 6) is 0.0388. The number of hydrogen-bond donors (Lipinski definition) is 1. The molecule has 1 aromatic rings. The van der Waals surface area contributed by atoms with Gasteiger partial charge < -0.3 is 10.0 Å². The predicted octanol–water partition coefficient (Wildman–Crippen LogP) is 4.82. The van der Waals surface area contributed by atoms with Gasteiger partial charge in [-0.1, -0.05) is 31.4 Å². The van der Waals surface area contributed by atoms with Crippen LogP contribution in [-0.4, -0.2) is 30.6 Å². The second-order valence-corrected chi connectivity index (χ2v) is 7.24. The number of rotatable bonds is 6. The summed E-state index contributed by atoms with van der Waals surface area (Å²) >= 11 is 0. The molecule has 2 nitrogen and oxygen atoms in total. The highest BCUT2D eigenvalue weighted by Gasteiger charge is 2.40. The Labute approximate surface area is 142 Å². The van der Waals surface area contributed by atoms with Crippen LogP contribution in [0.3, 0.4) is 0 Å². The molecule has 0 radical (unpaired) electrons. The van der Waals surface area contributed by atoms with E-state index in [0.29, 0.717) is 12.0 Å². The molecule has 1 aliphatic carbocycles. The Morgan fingerprint density at radius 2 is 1.71 bits per heavy atom. The first-order chi connectivity index (χ1) is 11.2. The Morgan fingerprint density at radius 3 is 2.29 bits per heavy atom. The number of halogens is 3. The summed E-state index contributed by atoms with van der Waals surface area (Å²) in [7, 11) is 3.92. The zero-order valence-corrected chi connectivity index (χ0v) is 14.6. The van der Waals surface area contributed by atoms with Gasteiger partial charge in [0.05, 0.1) is 11.2 Å². The monoisotopic (exact) mass is 343 g/mol. The molecule has 0 heterocycles. The topological polar surface area (TPSA) is 23.5 Å². The Balaban J connectivity index is 2.30. The van der Waals surface area contributed by atoms with E-state index in [4.69, 9.17) is 0 Å². The molecule has 0 bridgehead atoms. The minimum absolute atomic E-state index is 0.0388. The molecule has 1 unspecified atom stereocenters.